The fourth-order valence-electron chi connectivity index (χ4n) is 4.82. The molecule has 4 nitrogen and oxygen atoms in total. The van der Waals surface area contributed by atoms with Crippen LogP contribution in [-0.4, -0.2) is 33.4 Å². The van der Waals surface area contributed by atoms with E-state index in [0.29, 0.717) is 30.6 Å². The van der Waals surface area contributed by atoms with Crippen LogP contribution >= 0.6 is 0 Å². The Morgan fingerprint density at radius 1 is 1.03 bits per heavy atom. The van der Waals surface area contributed by atoms with Gasteiger partial charge in [-0.3, -0.25) is 14.8 Å². The average Bonchev–Trinajstić information content (AvgIpc) is 2.83. The molecule has 35 heavy (non-hydrogen) atoms. The molecule has 0 radical (unpaired) electrons. The summed E-state index contributed by atoms with van der Waals surface area (Å²) in [5, 5.41) is 0. The normalized spacial score (nSPS) is 18.5. The highest BCUT2D eigenvalue weighted by molar-refractivity contribution is 6.01. The number of carbonyl (C=O) groups excluding carboxylic acids is 1. The van der Waals surface area contributed by atoms with Gasteiger partial charge < -0.3 is 4.90 Å². The minimum absolute atomic E-state index is 0.0142. The zero-order chi connectivity index (χ0) is 25.2. The first-order chi connectivity index (χ1) is 16.6. The Bertz CT molecular complexity index is 1170. The van der Waals surface area contributed by atoms with E-state index in [1.807, 2.05) is 49.1 Å². The van der Waals surface area contributed by atoms with Crippen LogP contribution in [0.25, 0.3) is 11.3 Å². The van der Waals surface area contributed by atoms with Gasteiger partial charge in [-0.05, 0) is 75.3 Å². The molecule has 1 amide bonds. The molecule has 4 rings (SSSR count). The Morgan fingerprint density at radius 3 is 2.46 bits per heavy atom. The molecule has 1 aliphatic heterocycles. The van der Waals surface area contributed by atoms with Gasteiger partial charge in [-0.25, -0.2) is 0 Å². The molecule has 0 spiro atoms. The van der Waals surface area contributed by atoms with Gasteiger partial charge in [0.15, 0.2) is 0 Å². The molecular weight excluding hydrogens is 451 g/mol. The highest BCUT2D eigenvalue weighted by atomic mass is 19.4. The van der Waals surface area contributed by atoms with Crippen molar-refractivity contribution < 1.29 is 18.0 Å². The maximum Gasteiger partial charge on any atom is 0.417 e. The largest absolute Gasteiger partial charge is 0.417 e. The van der Waals surface area contributed by atoms with Gasteiger partial charge in [0.2, 0.25) is 0 Å². The molecule has 2 aromatic heterocycles. The second-order valence-electron chi connectivity index (χ2n) is 9.53. The summed E-state index contributed by atoms with van der Waals surface area (Å²) in [7, 11) is 0. The van der Waals surface area contributed by atoms with Crippen molar-refractivity contribution in [3.05, 3.63) is 82.8 Å². The smallest absolute Gasteiger partial charge is 0.335 e. The number of aromatic nitrogens is 2. The molecule has 2 atom stereocenters. The van der Waals surface area contributed by atoms with Crippen LogP contribution in [0.2, 0.25) is 0 Å². The number of amides is 1. The van der Waals surface area contributed by atoms with Crippen LogP contribution in [-0.2, 0) is 12.6 Å². The lowest BCUT2D eigenvalue weighted by Crippen LogP contribution is -2.48. The first-order valence-corrected chi connectivity index (χ1v) is 12.0. The summed E-state index contributed by atoms with van der Waals surface area (Å²) in [5.41, 5.74) is 4.10. The number of hydrogen-bond acceptors (Lipinski definition) is 3. The highest BCUT2D eigenvalue weighted by Crippen LogP contribution is 2.32. The zero-order valence-electron chi connectivity index (χ0n) is 20.3. The van der Waals surface area contributed by atoms with Crippen LogP contribution < -0.4 is 0 Å². The predicted molar refractivity (Wildman–Crippen MR) is 130 cm³/mol. The van der Waals surface area contributed by atoms with Crippen LogP contribution in [0, 0.1) is 19.8 Å². The van der Waals surface area contributed by atoms with E-state index in [9.17, 15) is 18.0 Å². The molecule has 0 N–H and O–H groups in total. The van der Waals surface area contributed by atoms with Crippen molar-refractivity contribution in [2.45, 2.75) is 58.7 Å². The number of alkyl halides is 3. The predicted octanol–water partition coefficient (Wildman–Crippen LogP) is 6.65. The molecule has 1 aromatic carbocycles. The van der Waals surface area contributed by atoms with Gasteiger partial charge in [0, 0.05) is 41.8 Å². The molecule has 184 valence electrons. The Labute approximate surface area is 204 Å². The molecule has 0 aliphatic carbocycles. The summed E-state index contributed by atoms with van der Waals surface area (Å²) in [6.45, 7) is 6.74. The fraction of sp³-hybridized carbons (Fsp3) is 0.393. The van der Waals surface area contributed by atoms with Crippen molar-refractivity contribution in [1.82, 2.24) is 14.9 Å². The molecule has 0 bridgehead atoms. The van der Waals surface area contributed by atoms with Gasteiger partial charge >= 0.3 is 6.18 Å². The number of hydrogen-bond donors (Lipinski definition) is 0. The number of halogens is 3. The van der Waals surface area contributed by atoms with E-state index in [1.165, 1.54) is 6.07 Å². The fourth-order valence-corrected chi connectivity index (χ4v) is 4.82. The number of pyridine rings is 2. The minimum atomic E-state index is -4.40. The monoisotopic (exact) mass is 481 g/mol. The van der Waals surface area contributed by atoms with E-state index in [2.05, 4.69) is 16.9 Å². The first-order valence-electron chi connectivity index (χ1n) is 12.0. The average molecular weight is 482 g/mol. The number of benzene rings is 1. The second-order valence-corrected chi connectivity index (χ2v) is 9.53. The molecule has 1 saturated heterocycles. The molecule has 3 heterocycles. The van der Waals surface area contributed by atoms with Crippen molar-refractivity contribution in [2.75, 3.05) is 6.54 Å². The van der Waals surface area contributed by atoms with Crippen LogP contribution in [0.5, 0.6) is 0 Å². The maximum atomic E-state index is 13.9. The lowest BCUT2D eigenvalue weighted by atomic mass is 9.86. The number of rotatable bonds is 5. The van der Waals surface area contributed by atoms with Crippen molar-refractivity contribution in [3.63, 3.8) is 0 Å². The van der Waals surface area contributed by atoms with Gasteiger partial charge in [-0.2, -0.15) is 13.2 Å². The van der Waals surface area contributed by atoms with Gasteiger partial charge in [0.25, 0.3) is 5.91 Å². The Balaban J connectivity index is 1.58. The summed E-state index contributed by atoms with van der Waals surface area (Å²) >= 11 is 0. The Morgan fingerprint density at radius 2 is 1.80 bits per heavy atom. The van der Waals surface area contributed by atoms with Crippen LogP contribution in [0.4, 0.5) is 13.2 Å². The third kappa shape index (κ3) is 5.72. The van der Waals surface area contributed by atoms with Crippen molar-refractivity contribution in [1.29, 1.82) is 0 Å². The summed E-state index contributed by atoms with van der Waals surface area (Å²) in [4.78, 5) is 24.4. The quantitative estimate of drug-likeness (QED) is 0.410. The van der Waals surface area contributed by atoms with Gasteiger partial charge in [0.1, 0.15) is 0 Å². The molecule has 3 aromatic rings. The first kappa shape index (κ1) is 24.9. The van der Waals surface area contributed by atoms with Crippen molar-refractivity contribution in [2.24, 2.45) is 5.92 Å². The van der Waals surface area contributed by atoms with Gasteiger partial charge in [-0.1, -0.05) is 30.7 Å². The highest BCUT2D eigenvalue weighted by Gasteiger charge is 2.34. The maximum absolute atomic E-state index is 13.9. The van der Waals surface area contributed by atoms with E-state index in [4.69, 9.17) is 0 Å². The van der Waals surface area contributed by atoms with Crippen LogP contribution in [0.1, 0.15) is 58.9 Å². The Hall–Kier alpha value is -3.22. The van der Waals surface area contributed by atoms with Crippen LogP contribution in [0.15, 0.2) is 54.9 Å². The van der Waals surface area contributed by atoms with Crippen molar-refractivity contribution in [3.8, 4) is 11.3 Å². The van der Waals surface area contributed by atoms with E-state index in [-0.39, 0.29) is 17.9 Å². The number of aryl methyl sites for hydroxylation is 3. The molecular formula is C28H30F3N3O. The Kier molecular flexibility index (Phi) is 7.24. The molecule has 1 aliphatic rings. The number of piperidine rings is 1. The SMILES string of the molecule is Cc1ccc(-c2ccc(C)cc2C(=O)N2CCC[C@@H](C)C2CCc2ccc(C(F)(F)F)cn2)nc1. The molecule has 1 unspecified atom stereocenters. The topological polar surface area (TPSA) is 46.1 Å². The molecule has 0 saturated carbocycles. The summed E-state index contributed by atoms with van der Waals surface area (Å²) in [6, 6.07) is 12.3. The van der Waals surface area contributed by atoms with Crippen LogP contribution in [0.3, 0.4) is 0 Å². The van der Waals surface area contributed by atoms with E-state index in [0.717, 1.165) is 47.5 Å². The lowest BCUT2D eigenvalue weighted by Gasteiger charge is -2.40. The van der Waals surface area contributed by atoms with Gasteiger partial charge in [0.05, 0.1) is 11.3 Å². The summed E-state index contributed by atoms with van der Waals surface area (Å²) < 4.78 is 38.6. The van der Waals surface area contributed by atoms with E-state index < -0.39 is 11.7 Å². The van der Waals surface area contributed by atoms with E-state index >= 15 is 0 Å². The van der Waals surface area contributed by atoms with E-state index in [1.54, 1.807) is 6.20 Å². The minimum Gasteiger partial charge on any atom is -0.335 e. The lowest BCUT2D eigenvalue weighted by molar-refractivity contribution is -0.137. The summed E-state index contributed by atoms with van der Waals surface area (Å²) in [5.74, 6) is 0.260. The van der Waals surface area contributed by atoms with Crippen molar-refractivity contribution >= 4 is 5.91 Å². The third-order valence-corrected chi connectivity index (χ3v) is 6.82. The summed E-state index contributed by atoms with van der Waals surface area (Å²) in [6.07, 6.45) is 1.38. The zero-order valence-corrected chi connectivity index (χ0v) is 20.3. The van der Waals surface area contributed by atoms with Gasteiger partial charge in [-0.15, -0.1) is 0 Å². The number of nitrogens with zero attached hydrogens (tertiary/aromatic N) is 3. The third-order valence-electron chi connectivity index (χ3n) is 6.82. The standard InChI is InChI=1S/C28H30F3N3O/c1-18-6-11-23(25-12-7-19(2)16-33-25)24(15-18)27(35)34-14-4-5-20(3)26(34)13-10-22-9-8-21(17-32-22)28(29,30)31/h6-9,11-12,15-17,20,26H,4-5,10,13-14H2,1-3H3/t20-,26?/m1/s1. The number of carbonyl (C=O) groups is 1. The number of likely N-dealkylation sites (tertiary alicyclic amines) is 1. The second kappa shape index (κ2) is 10.2. The molecule has 7 heteroatoms. The molecule has 1 fully saturated rings.